The molecule has 0 saturated heterocycles. The molecule has 7 nitrogen and oxygen atoms in total. The molecule has 1 aromatic carbocycles. The van der Waals surface area contributed by atoms with Gasteiger partial charge in [0.15, 0.2) is 0 Å². The molecule has 0 unspecified atom stereocenters. The summed E-state index contributed by atoms with van der Waals surface area (Å²) in [6.45, 7) is 2.04. The van der Waals surface area contributed by atoms with Crippen molar-refractivity contribution < 1.29 is 13.2 Å². The van der Waals surface area contributed by atoms with Gasteiger partial charge in [-0.1, -0.05) is 18.2 Å². The van der Waals surface area contributed by atoms with Gasteiger partial charge in [0.2, 0.25) is 0 Å². The van der Waals surface area contributed by atoms with E-state index in [1.54, 1.807) is 30.6 Å². The monoisotopic (exact) mass is 356 g/mol. The Balaban J connectivity index is 1.72. The summed E-state index contributed by atoms with van der Waals surface area (Å²) in [6.07, 6.45) is 5.84. The van der Waals surface area contributed by atoms with Gasteiger partial charge in [-0.2, -0.15) is 0 Å². The number of amides is 1. The molecule has 0 aliphatic heterocycles. The van der Waals surface area contributed by atoms with Crippen LogP contribution in [-0.2, 0) is 16.6 Å². The molecule has 8 heteroatoms. The van der Waals surface area contributed by atoms with Crippen molar-refractivity contribution >= 4 is 15.9 Å². The Bertz CT molecular complexity index is 980. The number of rotatable bonds is 5. The highest BCUT2D eigenvalue weighted by Crippen LogP contribution is 2.14. The molecule has 0 saturated carbocycles. The maximum absolute atomic E-state index is 12.5. The van der Waals surface area contributed by atoms with Crippen LogP contribution in [0.1, 0.15) is 21.7 Å². The minimum atomic E-state index is -3.71. The van der Waals surface area contributed by atoms with Gasteiger partial charge < -0.3 is 5.32 Å². The number of nitrogens with zero attached hydrogens (tertiary/aromatic N) is 3. The fraction of sp³-hybridized carbons (Fsp3) is 0.118. The van der Waals surface area contributed by atoms with Gasteiger partial charge in [0.1, 0.15) is 0 Å². The summed E-state index contributed by atoms with van der Waals surface area (Å²) in [5.41, 5.74) is 1.66. The minimum absolute atomic E-state index is 0.160. The topological polar surface area (TPSA) is 94.0 Å². The zero-order valence-corrected chi connectivity index (χ0v) is 14.3. The van der Waals surface area contributed by atoms with Gasteiger partial charge in [0.05, 0.1) is 34.6 Å². The molecule has 0 bridgehead atoms. The summed E-state index contributed by atoms with van der Waals surface area (Å²) >= 11 is 0. The molecule has 25 heavy (non-hydrogen) atoms. The minimum Gasteiger partial charge on any atom is -0.346 e. The maximum Gasteiger partial charge on any atom is 0.267 e. The van der Waals surface area contributed by atoms with Crippen LogP contribution < -0.4 is 5.32 Å². The highest BCUT2D eigenvalue weighted by Gasteiger charge is 2.18. The second kappa shape index (κ2) is 6.86. The number of aryl methyl sites for hydroxylation is 1. The smallest absolute Gasteiger partial charge is 0.267 e. The van der Waals surface area contributed by atoms with Crippen LogP contribution >= 0.6 is 0 Å². The molecule has 3 aromatic rings. The predicted octanol–water partition coefficient (Wildman–Crippen LogP) is 1.75. The fourth-order valence-electron chi connectivity index (χ4n) is 2.16. The van der Waals surface area contributed by atoms with Crippen LogP contribution in [0.2, 0.25) is 0 Å². The van der Waals surface area contributed by atoms with E-state index in [0.717, 1.165) is 9.67 Å². The summed E-state index contributed by atoms with van der Waals surface area (Å²) in [6, 6.07) is 9.49. The zero-order valence-electron chi connectivity index (χ0n) is 13.5. The molecule has 128 valence electrons. The molecule has 2 aromatic heterocycles. The van der Waals surface area contributed by atoms with Crippen molar-refractivity contribution in [2.24, 2.45) is 0 Å². The Morgan fingerprint density at radius 2 is 1.88 bits per heavy atom. The summed E-state index contributed by atoms with van der Waals surface area (Å²) in [7, 11) is -3.71. The lowest BCUT2D eigenvalue weighted by Crippen LogP contribution is -2.23. The number of carbonyl (C=O) groups is 1. The van der Waals surface area contributed by atoms with E-state index in [0.29, 0.717) is 5.69 Å². The average molecular weight is 356 g/mol. The second-order valence-electron chi connectivity index (χ2n) is 5.38. The Morgan fingerprint density at radius 1 is 1.12 bits per heavy atom. The fourth-order valence-corrected chi connectivity index (χ4v) is 3.38. The van der Waals surface area contributed by atoms with Gasteiger partial charge in [-0.05, 0) is 25.1 Å². The number of benzene rings is 1. The summed E-state index contributed by atoms with van der Waals surface area (Å²) in [5, 5.41) is 2.69. The van der Waals surface area contributed by atoms with E-state index in [1.807, 2.05) is 6.92 Å². The molecule has 0 aliphatic carbocycles. The van der Waals surface area contributed by atoms with Crippen molar-refractivity contribution in [2.75, 3.05) is 0 Å². The molecule has 0 fully saturated rings. The lowest BCUT2D eigenvalue weighted by atomic mass is 10.3. The largest absolute Gasteiger partial charge is 0.346 e. The first-order valence-electron chi connectivity index (χ1n) is 7.51. The molecule has 0 atom stereocenters. The maximum atomic E-state index is 12.5. The highest BCUT2D eigenvalue weighted by atomic mass is 32.2. The van der Waals surface area contributed by atoms with E-state index in [2.05, 4.69) is 15.3 Å². The van der Waals surface area contributed by atoms with Crippen LogP contribution in [0, 0.1) is 6.92 Å². The Labute approximate surface area is 145 Å². The van der Waals surface area contributed by atoms with Gasteiger partial charge in [0.25, 0.3) is 15.9 Å². The molecular formula is C17H16N4O3S. The van der Waals surface area contributed by atoms with Crippen LogP contribution in [0.25, 0.3) is 0 Å². The Morgan fingerprint density at radius 3 is 2.56 bits per heavy atom. The number of aromatic nitrogens is 3. The molecule has 0 spiro atoms. The van der Waals surface area contributed by atoms with Crippen molar-refractivity contribution in [1.29, 1.82) is 0 Å². The van der Waals surface area contributed by atoms with Crippen LogP contribution in [0.15, 0.2) is 66.1 Å². The standard InChI is InChI=1S/C17H16N4O3S/c1-13-9-19-15(10-18-13)11-20-17(22)14-7-8-21(12-14)25(23,24)16-5-3-2-4-6-16/h2-10,12H,11H2,1H3,(H,20,22). The molecule has 0 radical (unpaired) electrons. The van der Waals surface area contributed by atoms with E-state index >= 15 is 0 Å². The zero-order chi connectivity index (χ0) is 17.9. The van der Waals surface area contributed by atoms with Crippen LogP contribution in [0.5, 0.6) is 0 Å². The summed E-state index contributed by atoms with van der Waals surface area (Å²) in [4.78, 5) is 20.6. The normalized spacial score (nSPS) is 11.2. The summed E-state index contributed by atoms with van der Waals surface area (Å²) < 4.78 is 26.0. The van der Waals surface area contributed by atoms with Crippen LogP contribution in [-0.4, -0.2) is 28.3 Å². The van der Waals surface area contributed by atoms with Gasteiger partial charge in [-0.25, -0.2) is 12.4 Å². The van der Waals surface area contributed by atoms with E-state index in [-0.39, 0.29) is 22.9 Å². The molecule has 3 rings (SSSR count). The lowest BCUT2D eigenvalue weighted by Gasteiger charge is -2.05. The van der Waals surface area contributed by atoms with Crippen molar-refractivity contribution in [2.45, 2.75) is 18.4 Å². The molecule has 1 amide bonds. The lowest BCUT2D eigenvalue weighted by molar-refractivity contribution is 0.0950. The first-order chi connectivity index (χ1) is 12.0. The number of carbonyl (C=O) groups excluding carboxylic acids is 1. The first-order valence-corrected chi connectivity index (χ1v) is 8.95. The highest BCUT2D eigenvalue weighted by molar-refractivity contribution is 7.90. The van der Waals surface area contributed by atoms with Gasteiger partial charge in [-0.3, -0.25) is 14.8 Å². The van der Waals surface area contributed by atoms with Crippen molar-refractivity contribution in [3.05, 3.63) is 78.1 Å². The Kier molecular flexibility index (Phi) is 4.62. The quantitative estimate of drug-likeness (QED) is 0.752. The SMILES string of the molecule is Cc1cnc(CNC(=O)c2ccn(S(=O)(=O)c3ccccc3)c2)cn1. The first kappa shape index (κ1) is 16.8. The van der Waals surface area contributed by atoms with E-state index in [4.69, 9.17) is 0 Å². The van der Waals surface area contributed by atoms with E-state index in [9.17, 15) is 13.2 Å². The third kappa shape index (κ3) is 3.74. The third-order valence-electron chi connectivity index (χ3n) is 3.51. The summed E-state index contributed by atoms with van der Waals surface area (Å²) in [5.74, 6) is -0.385. The van der Waals surface area contributed by atoms with Gasteiger partial charge in [-0.15, -0.1) is 0 Å². The van der Waals surface area contributed by atoms with Gasteiger partial charge in [0, 0.05) is 18.6 Å². The number of hydrogen-bond donors (Lipinski definition) is 1. The molecule has 1 N–H and O–H groups in total. The second-order valence-corrected chi connectivity index (χ2v) is 7.22. The molecule has 2 heterocycles. The predicted molar refractivity (Wildman–Crippen MR) is 91.4 cm³/mol. The number of hydrogen-bond acceptors (Lipinski definition) is 5. The Hall–Kier alpha value is -3.00. The van der Waals surface area contributed by atoms with E-state index in [1.165, 1.54) is 30.6 Å². The van der Waals surface area contributed by atoms with Crippen molar-refractivity contribution in [3.8, 4) is 0 Å². The van der Waals surface area contributed by atoms with Crippen molar-refractivity contribution in [3.63, 3.8) is 0 Å². The third-order valence-corrected chi connectivity index (χ3v) is 5.16. The van der Waals surface area contributed by atoms with Crippen molar-refractivity contribution in [1.82, 2.24) is 19.3 Å². The average Bonchev–Trinajstić information content (AvgIpc) is 3.13. The van der Waals surface area contributed by atoms with E-state index < -0.39 is 10.0 Å². The van der Waals surface area contributed by atoms with Crippen LogP contribution in [0.3, 0.4) is 0 Å². The molecular weight excluding hydrogens is 340 g/mol. The number of nitrogens with one attached hydrogen (secondary N) is 1. The van der Waals surface area contributed by atoms with Crippen LogP contribution in [0.4, 0.5) is 0 Å². The van der Waals surface area contributed by atoms with Gasteiger partial charge >= 0.3 is 0 Å². The molecule has 0 aliphatic rings.